The zero-order chi connectivity index (χ0) is 17.7. The predicted octanol–water partition coefficient (Wildman–Crippen LogP) is 1.79. The number of nitrogens with one attached hydrogen (secondary N) is 1. The van der Waals surface area contributed by atoms with Gasteiger partial charge < -0.3 is 4.74 Å². The van der Waals surface area contributed by atoms with Crippen LogP contribution in [0.1, 0.15) is 11.6 Å². The van der Waals surface area contributed by atoms with Crippen molar-refractivity contribution in [3.05, 3.63) is 70.3 Å². The van der Waals surface area contributed by atoms with Crippen molar-refractivity contribution in [2.24, 2.45) is 0 Å². The van der Waals surface area contributed by atoms with Crippen LogP contribution < -0.4 is 4.72 Å². The zero-order valence-corrected chi connectivity index (χ0v) is 13.4. The smallest absolute Gasteiger partial charge is 0.328 e. The third-order valence-corrected chi connectivity index (χ3v) is 4.64. The highest BCUT2D eigenvalue weighted by Gasteiger charge is 2.28. The molecule has 0 saturated carbocycles. The first-order chi connectivity index (χ1) is 11.3. The Morgan fingerprint density at radius 2 is 1.71 bits per heavy atom. The number of carbonyl (C=O) groups is 1. The minimum Gasteiger partial charge on any atom is -0.468 e. The summed E-state index contributed by atoms with van der Waals surface area (Å²) in [5, 5.41) is 10.6. The first kappa shape index (κ1) is 17.6. The molecule has 2 aromatic rings. The van der Waals surface area contributed by atoms with E-state index in [9.17, 15) is 23.3 Å². The second kappa shape index (κ2) is 7.20. The maximum atomic E-state index is 12.4. The fourth-order valence-corrected chi connectivity index (χ4v) is 3.16. The lowest BCUT2D eigenvalue weighted by Gasteiger charge is -2.17. The van der Waals surface area contributed by atoms with Crippen molar-refractivity contribution in [3.8, 4) is 0 Å². The van der Waals surface area contributed by atoms with Gasteiger partial charge >= 0.3 is 5.97 Å². The molecule has 24 heavy (non-hydrogen) atoms. The number of nitro groups is 1. The van der Waals surface area contributed by atoms with Crippen molar-refractivity contribution in [1.82, 2.24) is 4.72 Å². The Balaban J connectivity index is 2.33. The third-order valence-electron chi connectivity index (χ3n) is 3.20. The molecule has 9 heteroatoms. The maximum absolute atomic E-state index is 12.4. The summed E-state index contributed by atoms with van der Waals surface area (Å²) in [7, 11) is -2.93. The molecule has 0 aliphatic carbocycles. The summed E-state index contributed by atoms with van der Waals surface area (Å²) in [4.78, 5) is 21.7. The Labute approximate surface area is 138 Å². The molecule has 1 N–H and O–H groups in total. The van der Waals surface area contributed by atoms with Gasteiger partial charge in [0, 0.05) is 12.1 Å². The Kier molecular flexibility index (Phi) is 5.27. The Morgan fingerprint density at radius 3 is 2.21 bits per heavy atom. The van der Waals surface area contributed by atoms with Gasteiger partial charge in [0.15, 0.2) is 0 Å². The number of methoxy groups -OCH3 is 1. The number of sulfonamides is 1. The number of ether oxygens (including phenoxy) is 1. The van der Waals surface area contributed by atoms with Crippen LogP contribution >= 0.6 is 0 Å². The van der Waals surface area contributed by atoms with Crippen LogP contribution in [0.5, 0.6) is 0 Å². The lowest BCUT2D eigenvalue weighted by molar-refractivity contribution is -0.384. The molecule has 0 aliphatic heterocycles. The molecule has 126 valence electrons. The maximum Gasteiger partial charge on any atom is 0.328 e. The van der Waals surface area contributed by atoms with Crippen LogP contribution in [0.15, 0.2) is 59.5 Å². The van der Waals surface area contributed by atoms with Gasteiger partial charge in [0.05, 0.1) is 16.9 Å². The minimum absolute atomic E-state index is 0.196. The number of non-ortho nitro benzene ring substituents is 1. The number of hydrogen-bond donors (Lipinski definition) is 1. The van der Waals surface area contributed by atoms with E-state index in [1.807, 2.05) is 0 Å². The highest BCUT2D eigenvalue weighted by atomic mass is 32.2. The van der Waals surface area contributed by atoms with E-state index in [0.717, 1.165) is 31.4 Å². The van der Waals surface area contributed by atoms with E-state index in [1.54, 1.807) is 30.3 Å². The number of hydrogen-bond acceptors (Lipinski definition) is 6. The summed E-state index contributed by atoms with van der Waals surface area (Å²) < 4.78 is 31.8. The fraction of sp³-hybridized carbons (Fsp3) is 0.133. The average molecular weight is 350 g/mol. The summed E-state index contributed by atoms with van der Waals surface area (Å²) in [5.41, 5.74) is 0.177. The van der Waals surface area contributed by atoms with E-state index >= 15 is 0 Å². The molecule has 0 bridgehead atoms. The molecule has 0 saturated heterocycles. The first-order valence-electron chi connectivity index (χ1n) is 6.74. The number of rotatable bonds is 6. The lowest BCUT2D eigenvalue weighted by atomic mass is 10.1. The van der Waals surface area contributed by atoms with Crippen LogP contribution in [-0.2, 0) is 19.6 Å². The number of carbonyl (C=O) groups excluding carboxylic acids is 1. The minimum atomic E-state index is -4.08. The standard InChI is InChI=1S/C15H14N2O6S/c1-23-15(18)14(11-5-3-2-4-6-11)16-24(21,22)13-9-7-12(8-10-13)17(19)20/h2-10,14,16H,1H3/t14-/m0/s1. The summed E-state index contributed by atoms with van der Waals surface area (Å²) in [5.74, 6) is -0.772. The van der Waals surface area contributed by atoms with Crippen molar-refractivity contribution >= 4 is 21.7 Å². The van der Waals surface area contributed by atoms with Crippen molar-refractivity contribution in [1.29, 1.82) is 0 Å². The lowest BCUT2D eigenvalue weighted by Crippen LogP contribution is -2.34. The Morgan fingerprint density at radius 1 is 1.12 bits per heavy atom. The zero-order valence-electron chi connectivity index (χ0n) is 12.6. The highest BCUT2D eigenvalue weighted by Crippen LogP contribution is 2.20. The van der Waals surface area contributed by atoms with Gasteiger partial charge in [-0.25, -0.2) is 13.2 Å². The van der Waals surface area contributed by atoms with Crippen molar-refractivity contribution < 1.29 is 22.9 Å². The van der Waals surface area contributed by atoms with Gasteiger partial charge in [-0.2, -0.15) is 4.72 Å². The molecule has 0 radical (unpaired) electrons. The van der Waals surface area contributed by atoms with Crippen LogP contribution in [-0.4, -0.2) is 26.4 Å². The Hall–Kier alpha value is -2.78. The molecule has 0 aromatic heterocycles. The molecule has 0 aliphatic rings. The van der Waals surface area contributed by atoms with Gasteiger partial charge in [-0.15, -0.1) is 0 Å². The predicted molar refractivity (Wildman–Crippen MR) is 84.6 cm³/mol. The quantitative estimate of drug-likeness (QED) is 0.482. The monoisotopic (exact) mass is 350 g/mol. The summed E-state index contributed by atoms with van der Waals surface area (Å²) in [6.07, 6.45) is 0. The molecule has 0 heterocycles. The molecular formula is C15H14N2O6S. The van der Waals surface area contributed by atoms with E-state index in [0.29, 0.717) is 5.56 Å². The van der Waals surface area contributed by atoms with Crippen molar-refractivity contribution in [2.45, 2.75) is 10.9 Å². The van der Waals surface area contributed by atoms with Crippen molar-refractivity contribution in [2.75, 3.05) is 7.11 Å². The van der Waals surface area contributed by atoms with E-state index in [2.05, 4.69) is 9.46 Å². The second-order valence-electron chi connectivity index (χ2n) is 4.74. The van der Waals surface area contributed by atoms with Crippen LogP contribution in [0.2, 0.25) is 0 Å². The van der Waals surface area contributed by atoms with Gasteiger partial charge in [0.1, 0.15) is 6.04 Å². The summed E-state index contributed by atoms with van der Waals surface area (Å²) in [6, 6.07) is 11.3. The normalized spacial score (nSPS) is 12.4. The van der Waals surface area contributed by atoms with Gasteiger partial charge in [0.2, 0.25) is 10.0 Å². The third kappa shape index (κ3) is 3.94. The number of benzene rings is 2. The molecule has 8 nitrogen and oxygen atoms in total. The number of nitro benzene ring substituents is 1. The van der Waals surface area contributed by atoms with Crippen molar-refractivity contribution in [3.63, 3.8) is 0 Å². The van der Waals surface area contributed by atoms with Gasteiger partial charge in [-0.1, -0.05) is 30.3 Å². The molecule has 0 fully saturated rings. The molecule has 0 spiro atoms. The van der Waals surface area contributed by atoms with E-state index in [-0.39, 0.29) is 10.6 Å². The average Bonchev–Trinajstić information content (AvgIpc) is 2.60. The number of esters is 1. The van der Waals surface area contributed by atoms with Crippen LogP contribution in [0, 0.1) is 10.1 Å². The van der Waals surface area contributed by atoms with Gasteiger partial charge in [0.25, 0.3) is 5.69 Å². The molecule has 0 amide bonds. The molecule has 1 atom stereocenters. The van der Waals surface area contributed by atoms with E-state index in [1.165, 1.54) is 0 Å². The van der Waals surface area contributed by atoms with Crippen LogP contribution in [0.4, 0.5) is 5.69 Å². The highest BCUT2D eigenvalue weighted by molar-refractivity contribution is 7.89. The SMILES string of the molecule is COC(=O)[C@@H](NS(=O)(=O)c1ccc([N+](=O)[O-])cc1)c1ccccc1. The molecular weight excluding hydrogens is 336 g/mol. The van der Waals surface area contributed by atoms with E-state index < -0.39 is 27.0 Å². The Bertz CT molecular complexity index is 834. The summed E-state index contributed by atoms with van der Waals surface area (Å²) >= 11 is 0. The second-order valence-corrected chi connectivity index (χ2v) is 6.45. The first-order valence-corrected chi connectivity index (χ1v) is 8.23. The number of nitrogens with zero attached hydrogens (tertiary/aromatic N) is 1. The molecule has 0 unspecified atom stereocenters. The molecule has 2 rings (SSSR count). The van der Waals surface area contributed by atoms with Gasteiger partial charge in [-0.3, -0.25) is 10.1 Å². The van der Waals surface area contributed by atoms with Gasteiger partial charge in [-0.05, 0) is 17.7 Å². The van der Waals surface area contributed by atoms with Crippen LogP contribution in [0.25, 0.3) is 0 Å². The molecule has 2 aromatic carbocycles. The topological polar surface area (TPSA) is 116 Å². The summed E-state index contributed by atoms with van der Waals surface area (Å²) in [6.45, 7) is 0. The largest absolute Gasteiger partial charge is 0.468 e. The van der Waals surface area contributed by atoms with Crippen LogP contribution in [0.3, 0.4) is 0 Å². The van der Waals surface area contributed by atoms with E-state index in [4.69, 9.17) is 0 Å². The fourth-order valence-electron chi connectivity index (χ4n) is 1.99.